The lowest BCUT2D eigenvalue weighted by Crippen LogP contribution is -2.35. The van der Waals surface area contributed by atoms with E-state index in [0.717, 1.165) is 22.7 Å². The number of benzene rings is 2. The molecule has 2 amide bonds. The minimum Gasteiger partial charge on any atom is -0.457 e. The van der Waals surface area contributed by atoms with E-state index >= 15 is 0 Å². The van der Waals surface area contributed by atoms with Gasteiger partial charge in [0.2, 0.25) is 5.91 Å². The van der Waals surface area contributed by atoms with E-state index in [0.29, 0.717) is 42.2 Å². The van der Waals surface area contributed by atoms with Crippen LogP contribution in [0.25, 0.3) is 16.9 Å². The van der Waals surface area contributed by atoms with Crippen molar-refractivity contribution < 1.29 is 14.3 Å². The smallest absolute Gasteiger partial charge is 0.254 e. The van der Waals surface area contributed by atoms with Gasteiger partial charge < -0.3 is 15.4 Å². The molecule has 2 aromatic carbocycles. The first-order valence-corrected chi connectivity index (χ1v) is 10.7. The molecule has 3 heterocycles. The molecule has 4 aromatic rings. The van der Waals surface area contributed by atoms with Gasteiger partial charge in [-0.2, -0.15) is 0 Å². The van der Waals surface area contributed by atoms with E-state index in [1.54, 1.807) is 21.6 Å². The summed E-state index contributed by atoms with van der Waals surface area (Å²) in [4.78, 5) is 31.2. The Morgan fingerprint density at radius 3 is 2.52 bits per heavy atom. The minimum atomic E-state index is -0.565. The van der Waals surface area contributed by atoms with E-state index in [1.807, 2.05) is 61.5 Å². The standard InChI is InChI=1S/C25H23N5O3/c1-2-6-21(31)29-14-13-19-20(15-29)30-25(27-19)22(24(26)32)23(28-30)16-9-11-18(12-10-16)33-17-7-4-3-5-8-17/h2-12,28H,13-15H2,1H3,(H2,26,32). The number of nitrogens with zero attached hydrogens (tertiary/aromatic N) is 3. The Balaban J connectivity index is 1.51. The molecule has 3 N–H and O–H groups in total. The first kappa shape index (κ1) is 20.6. The number of carbonyl (C=O) groups is 2. The van der Waals surface area contributed by atoms with Crippen molar-refractivity contribution in [2.24, 2.45) is 5.73 Å². The van der Waals surface area contributed by atoms with Gasteiger partial charge in [-0.3, -0.25) is 14.7 Å². The SMILES string of the molecule is CC=CC(=O)N1CCc2nc3c(C(N)=O)c(-c4ccc(Oc5ccccc5)cc4)[nH]n3c2C1. The van der Waals surface area contributed by atoms with Gasteiger partial charge in [-0.15, -0.1) is 0 Å². The Morgan fingerprint density at radius 1 is 1.09 bits per heavy atom. The molecule has 0 saturated carbocycles. The maximum absolute atomic E-state index is 12.4. The number of amides is 2. The fraction of sp³-hybridized carbons (Fsp3) is 0.160. The molecule has 0 unspecified atom stereocenters. The van der Waals surface area contributed by atoms with Gasteiger partial charge in [-0.1, -0.05) is 24.3 Å². The highest BCUT2D eigenvalue weighted by molar-refractivity contribution is 6.04. The van der Waals surface area contributed by atoms with E-state index in [-0.39, 0.29) is 5.91 Å². The number of hydrogen-bond donors (Lipinski definition) is 2. The van der Waals surface area contributed by atoms with Gasteiger partial charge in [0.1, 0.15) is 17.1 Å². The molecule has 0 radical (unpaired) electrons. The molecular weight excluding hydrogens is 418 g/mol. The van der Waals surface area contributed by atoms with Crippen LogP contribution in [-0.4, -0.2) is 37.9 Å². The van der Waals surface area contributed by atoms with Crippen LogP contribution >= 0.6 is 0 Å². The van der Waals surface area contributed by atoms with Gasteiger partial charge in [0.05, 0.1) is 23.6 Å². The van der Waals surface area contributed by atoms with Crippen LogP contribution in [0.2, 0.25) is 0 Å². The Hall–Kier alpha value is -4.33. The zero-order chi connectivity index (χ0) is 22.9. The summed E-state index contributed by atoms with van der Waals surface area (Å²) in [6, 6.07) is 16.9. The van der Waals surface area contributed by atoms with Crippen LogP contribution in [0.5, 0.6) is 11.5 Å². The normalized spacial score (nSPS) is 13.4. The third kappa shape index (κ3) is 3.76. The first-order chi connectivity index (χ1) is 16.0. The summed E-state index contributed by atoms with van der Waals surface area (Å²) in [5, 5.41) is 3.29. The average molecular weight is 441 g/mol. The quantitative estimate of drug-likeness (QED) is 0.461. The highest BCUT2D eigenvalue weighted by Crippen LogP contribution is 2.31. The van der Waals surface area contributed by atoms with Crippen molar-refractivity contribution in [3.05, 3.63) is 83.7 Å². The molecule has 1 aliphatic heterocycles. The topological polar surface area (TPSA) is 106 Å². The van der Waals surface area contributed by atoms with Crippen LogP contribution in [0.1, 0.15) is 28.7 Å². The zero-order valence-electron chi connectivity index (χ0n) is 18.1. The van der Waals surface area contributed by atoms with Crippen molar-refractivity contribution in [1.29, 1.82) is 0 Å². The van der Waals surface area contributed by atoms with Crippen LogP contribution in [-0.2, 0) is 17.8 Å². The second-order valence-corrected chi connectivity index (χ2v) is 7.84. The summed E-state index contributed by atoms with van der Waals surface area (Å²) in [7, 11) is 0. The molecule has 5 rings (SSSR count). The van der Waals surface area contributed by atoms with E-state index in [4.69, 9.17) is 10.5 Å². The van der Waals surface area contributed by atoms with E-state index in [2.05, 4.69) is 10.1 Å². The summed E-state index contributed by atoms with van der Waals surface area (Å²) in [5.41, 5.74) is 9.64. The fourth-order valence-corrected chi connectivity index (χ4v) is 4.12. The fourth-order valence-electron chi connectivity index (χ4n) is 4.12. The molecule has 0 atom stereocenters. The molecule has 8 nitrogen and oxygen atoms in total. The van der Waals surface area contributed by atoms with E-state index in [9.17, 15) is 9.59 Å². The Labute approximate surface area is 190 Å². The van der Waals surface area contributed by atoms with Gasteiger partial charge in [-0.05, 0) is 49.4 Å². The van der Waals surface area contributed by atoms with Gasteiger partial charge >= 0.3 is 0 Å². The summed E-state index contributed by atoms with van der Waals surface area (Å²) in [5.74, 6) is 0.807. The summed E-state index contributed by atoms with van der Waals surface area (Å²) in [6.45, 7) is 2.80. The van der Waals surface area contributed by atoms with Gasteiger partial charge in [0.25, 0.3) is 5.91 Å². The maximum Gasteiger partial charge on any atom is 0.254 e. The number of H-pyrrole nitrogens is 1. The molecule has 0 spiro atoms. The number of ether oxygens (including phenoxy) is 1. The van der Waals surface area contributed by atoms with Gasteiger partial charge in [-0.25, -0.2) is 9.50 Å². The maximum atomic E-state index is 12.4. The number of aromatic amines is 1. The molecule has 2 aromatic heterocycles. The van der Waals surface area contributed by atoms with Crippen LogP contribution < -0.4 is 10.5 Å². The minimum absolute atomic E-state index is 0.0472. The lowest BCUT2D eigenvalue weighted by atomic mass is 10.1. The van der Waals surface area contributed by atoms with E-state index < -0.39 is 5.91 Å². The molecule has 166 valence electrons. The number of allylic oxidation sites excluding steroid dienone is 1. The number of primary amides is 1. The molecular formula is C25H23N5O3. The van der Waals surface area contributed by atoms with Crippen molar-refractivity contribution in [1.82, 2.24) is 19.5 Å². The molecule has 33 heavy (non-hydrogen) atoms. The van der Waals surface area contributed by atoms with Crippen LogP contribution in [0.15, 0.2) is 66.7 Å². The monoisotopic (exact) mass is 441 g/mol. The largest absolute Gasteiger partial charge is 0.457 e. The number of imidazole rings is 1. The summed E-state index contributed by atoms with van der Waals surface area (Å²) in [6.07, 6.45) is 3.90. The lowest BCUT2D eigenvalue weighted by Gasteiger charge is -2.25. The number of fused-ring (bicyclic) bond motifs is 3. The summed E-state index contributed by atoms with van der Waals surface area (Å²) >= 11 is 0. The van der Waals surface area contributed by atoms with Crippen molar-refractivity contribution in [2.75, 3.05) is 6.54 Å². The number of para-hydroxylation sites is 1. The highest BCUT2D eigenvalue weighted by Gasteiger charge is 2.28. The second-order valence-electron chi connectivity index (χ2n) is 7.84. The van der Waals surface area contributed by atoms with Crippen molar-refractivity contribution in [3.63, 3.8) is 0 Å². The Morgan fingerprint density at radius 2 is 1.82 bits per heavy atom. The van der Waals surface area contributed by atoms with Crippen LogP contribution in [0.4, 0.5) is 0 Å². The number of nitrogens with two attached hydrogens (primary N) is 1. The third-order valence-electron chi connectivity index (χ3n) is 5.70. The Kier molecular flexibility index (Phi) is 5.18. The number of carbonyl (C=O) groups excluding carboxylic acids is 2. The molecule has 8 heteroatoms. The molecule has 1 aliphatic rings. The third-order valence-corrected chi connectivity index (χ3v) is 5.70. The van der Waals surface area contributed by atoms with Crippen LogP contribution in [0, 0.1) is 0 Å². The molecule has 0 aliphatic carbocycles. The van der Waals surface area contributed by atoms with E-state index in [1.165, 1.54) is 0 Å². The number of nitrogens with one attached hydrogen (secondary N) is 1. The zero-order valence-corrected chi connectivity index (χ0v) is 18.1. The predicted octanol–water partition coefficient (Wildman–Crippen LogP) is 3.68. The van der Waals surface area contributed by atoms with Gasteiger partial charge in [0.15, 0.2) is 5.65 Å². The van der Waals surface area contributed by atoms with Crippen molar-refractivity contribution in [2.45, 2.75) is 19.9 Å². The van der Waals surface area contributed by atoms with Gasteiger partial charge in [0, 0.05) is 18.5 Å². The number of hydrogen-bond acceptors (Lipinski definition) is 4. The highest BCUT2D eigenvalue weighted by atomic mass is 16.5. The first-order valence-electron chi connectivity index (χ1n) is 10.7. The molecule has 0 fully saturated rings. The molecule has 0 bridgehead atoms. The van der Waals surface area contributed by atoms with Crippen molar-refractivity contribution in [3.8, 4) is 22.8 Å². The average Bonchev–Trinajstić information content (AvgIpc) is 3.36. The summed E-state index contributed by atoms with van der Waals surface area (Å²) < 4.78 is 7.63. The van der Waals surface area contributed by atoms with Crippen LogP contribution in [0.3, 0.4) is 0 Å². The predicted molar refractivity (Wildman–Crippen MR) is 124 cm³/mol. The number of rotatable bonds is 5. The van der Waals surface area contributed by atoms with Crippen molar-refractivity contribution >= 4 is 17.5 Å². The second kappa shape index (κ2) is 8.31. The molecule has 0 saturated heterocycles. The Bertz CT molecular complexity index is 1370. The lowest BCUT2D eigenvalue weighted by molar-refractivity contribution is -0.127. The number of aromatic nitrogens is 3.